The van der Waals surface area contributed by atoms with Gasteiger partial charge in [-0.25, -0.2) is 4.57 Å². The van der Waals surface area contributed by atoms with Crippen molar-refractivity contribution in [2.24, 2.45) is 0 Å². The Kier molecular flexibility index (Phi) is 4.41. The summed E-state index contributed by atoms with van der Waals surface area (Å²) in [6, 6.07) is 13.6. The number of halogens is 2. The van der Waals surface area contributed by atoms with Crippen LogP contribution in [-0.2, 0) is 4.57 Å². The van der Waals surface area contributed by atoms with Gasteiger partial charge in [0.15, 0.2) is 0 Å². The van der Waals surface area contributed by atoms with Gasteiger partial charge in [-0.15, -0.1) is 0 Å². The van der Waals surface area contributed by atoms with Gasteiger partial charge in [-0.2, -0.15) is 0 Å². The van der Waals surface area contributed by atoms with Crippen molar-refractivity contribution < 1.29 is 13.6 Å². The van der Waals surface area contributed by atoms with Gasteiger partial charge in [-0.1, -0.05) is 41.4 Å². The number of para-hydroxylation sites is 1. The van der Waals surface area contributed by atoms with E-state index in [4.69, 9.17) is 31.9 Å². The van der Waals surface area contributed by atoms with E-state index in [1.165, 1.54) is 0 Å². The average molecular weight is 317 g/mol. The van der Waals surface area contributed by atoms with E-state index in [1.807, 2.05) is 19.1 Å². The maximum absolute atomic E-state index is 12.1. The van der Waals surface area contributed by atoms with Gasteiger partial charge in [0.25, 0.3) is 0 Å². The number of benzene rings is 2. The van der Waals surface area contributed by atoms with Crippen LogP contribution in [0.5, 0.6) is 11.5 Å². The van der Waals surface area contributed by atoms with Crippen LogP contribution in [0.4, 0.5) is 0 Å². The van der Waals surface area contributed by atoms with Crippen LogP contribution in [0.25, 0.3) is 0 Å². The van der Waals surface area contributed by atoms with E-state index in [1.54, 1.807) is 36.4 Å². The topological polar surface area (TPSA) is 35.5 Å². The summed E-state index contributed by atoms with van der Waals surface area (Å²) in [5.41, 5.74) is 1.06. The second kappa shape index (κ2) is 5.87. The normalized spacial score (nSPS) is 13.6. The summed E-state index contributed by atoms with van der Waals surface area (Å²) in [5, 5.41) is 0.316. The fourth-order valence-electron chi connectivity index (χ4n) is 1.38. The first-order chi connectivity index (χ1) is 8.96. The molecule has 0 aliphatic heterocycles. The molecule has 2 rings (SSSR count). The Morgan fingerprint density at radius 1 is 1.00 bits per heavy atom. The Hall–Kier alpha value is -1.15. The number of aryl methyl sites for hydroxylation is 1. The molecule has 0 saturated heterocycles. The van der Waals surface area contributed by atoms with Crippen molar-refractivity contribution in [2.45, 2.75) is 6.92 Å². The molecular weight excluding hydrogens is 306 g/mol. The molecule has 0 aliphatic rings. The molecule has 6 heteroatoms. The summed E-state index contributed by atoms with van der Waals surface area (Å²) in [4.78, 5) is 0. The molecular formula is C13H11Cl2O3P. The Balaban J connectivity index is 2.13. The molecule has 3 nitrogen and oxygen atoms in total. The molecule has 0 heterocycles. The molecule has 0 saturated carbocycles. The lowest BCUT2D eigenvalue weighted by atomic mass is 10.2. The van der Waals surface area contributed by atoms with Gasteiger partial charge < -0.3 is 9.05 Å². The molecule has 100 valence electrons. The molecule has 0 aromatic heterocycles. The van der Waals surface area contributed by atoms with Crippen LogP contribution in [0.1, 0.15) is 5.56 Å². The molecule has 0 fully saturated rings. The van der Waals surface area contributed by atoms with Crippen LogP contribution in [0.2, 0.25) is 5.02 Å². The number of hydrogen-bond acceptors (Lipinski definition) is 3. The van der Waals surface area contributed by atoms with E-state index in [2.05, 4.69) is 0 Å². The molecule has 2 aromatic carbocycles. The van der Waals surface area contributed by atoms with Crippen molar-refractivity contribution >= 4 is 29.8 Å². The molecule has 1 atom stereocenters. The number of hydrogen-bond donors (Lipinski definition) is 0. The minimum absolute atomic E-state index is 0.217. The molecule has 19 heavy (non-hydrogen) atoms. The van der Waals surface area contributed by atoms with Crippen LogP contribution >= 0.6 is 29.8 Å². The van der Waals surface area contributed by atoms with E-state index < -0.39 is 6.95 Å². The van der Waals surface area contributed by atoms with Crippen LogP contribution < -0.4 is 9.05 Å². The molecule has 0 amide bonds. The third-order valence-corrected chi connectivity index (χ3v) is 3.85. The highest BCUT2D eigenvalue weighted by atomic mass is 35.7. The molecule has 1 unspecified atom stereocenters. The summed E-state index contributed by atoms with van der Waals surface area (Å²) < 4.78 is 22.3. The minimum atomic E-state index is -3.79. The van der Waals surface area contributed by atoms with Gasteiger partial charge in [0, 0.05) is 11.2 Å². The largest absolute Gasteiger partial charge is 0.530 e. The van der Waals surface area contributed by atoms with Gasteiger partial charge >= 0.3 is 6.95 Å². The standard InChI is InChI=1S/C13H11Cl2O3P/c1-10-6-8-11(9-7-10)17-19(15,16)18-13-5-3-2-4-12(13)14/h2-9H,1H3. The quantitative estimate of drug-likeness (QED) is 0.703. The first-order valence-electron chi connectivity index (χ1n) is 5.46. The summed E-state index contributed by atoms with van der Waals surface area (Å²) in [5.74, 6) is 0.589. The first-order valence-corrected chi connectivity index (χ1v) is 8.29. The average Bonchev–Trinajstić information content (AvgIpc) is 2.35. The van der Waals surface area contributed by atoms with Crippen LogP contribution in [0.3, 0.4) is 0 Å². The van der Waals surface area contributed by atoms with Gasteiger partial charge in [-0.05, 0) is 31.2 Å². The highest BCUT2D eigenvalue weighted by molar-refractivity contribution is 7.82. The Bertz CT molecular complexity index is 614. The van der Waals surface area contributed by atoms with E-state index >= 15 is 0 Å². The highest BCUT2D eigenvalue weighted by Gasteiger charge is 2.25. The summed E-state index contributed by atoms with van der Waals surface area (Å²) in [6.07, 6.45) is 0. The van der Waals surface area contributed by atoms with Crippen LogP contribution in [-0.4, -0.2) is 0 Å². The van der Waals surface area contributed by atoms with Gasteiger partial charge in [0.1, 0.15) is 11.5 Å². The van der Waals surface area contributed by atoms with Crippen molar-refractivity contribution in [2.75, 3.05) is 0 Å². The lowest BCUT2D eigenvalue weighted by Gasteiger charge is -2.14. The first kappa shape index (κ1) is 14.3. The minimum Gasteiger partial charge on any atom is -0.405 e. The molecule has 0 bridgehead atoms. The second-order valence-electron chi connectivity index (χ2n) is 3.86. The zero-order valence-corrected chi connectivity index (χ0v) is 12.5. The molecule has 0 N–H and O–H groups in total. The predicted molar refractivity (Wildman–Crippen MR) is 77.3 cm³/mol. The zero-order valence-electron chi connectivity index (χ0n) is 10.0. The molecule has 2 aromatic rings. The highest BCUT2D eigenvalue weighted by Crippen LogP contribution is 2.54. The Morgan fingerprint density at radius 2 is 1.63 bits per heavy atom. The van der Waals surface area contributed by atoms with Crippen molar-refractivity contribution in [1.29, 1.82) is 0 Å². The Labute approximate surface area is 121 Å². The molecule has 0 radical (unpaired) electrons. The third-order valence-electron chi connectivity index (χ3n) is 2.28. The maximum atomic E-state index is 12.1. The van der Waals surface area contributed by atoms with E-state index in [9.17, 15) is 4.57 Å². The second-order valence-corrected chi connectivity index (χ2v) is 6.73. The van der Waals surface area contributed by atoms with Crippen molar-refractivity contribution in [3.05, 3.63) is 59.1 Å². The van der Waals surface area contributed by atoms with Crippen LogP contribution in [0.15, 0.2) is 48.5 Å². The lowest BCUT2D eigenvalue weighted by molar-refractivity contribution is 0.406. The van der Waals surface area contributed by atoms with E-state index in [0.717, 1.165) is 5.56 Å². The summed E-state index contributed by atoms with van der Waals surface area (Å²) in [6.45, 7) is -1.86. The number of rotatable bonds is 4. The van der Waals surface area contributed by atoms with E-state index in [-0.39, 0.29) is 5.75 Å². The fraction of sp³-hybridized carbons (Fsp3) is 0.0769. The van der Waals surface area contributed by atoms with Gasteiger partial charge in [0.2, 0.25) is 0 Å². The fourth-order valence-corrected chi connectivity index (χ4v) is 2.88. The van der Waals surface area contributed by atoms with Crippen molar-refractivity contribution in [3.8, 4) is 11.5 Å². The zero-order chi connectivity index (χ0) is 13.9. The Morgan fingerprint density at radius 3 is 2.26 bits per heavy atom. The SMILES string of the molecule is Cc1ccc(OP(=O)(Cl)Oc2ccccc2Cl)cc1. The van der Waals surface area contributed by atoms with Crippen molar-refractivity contribution in [1.82, 2.24) is 0 Å². The van der Waals surface area contributed by atoms with Gasteiger partial charge in [-0.3, -0.25) is 0 Å². The predicted octanol–water partition coefficient (Wildman–Crippen LogP) is 5.45. The lowest BCUT2D eigenvalue weighted by Crippen LogP contribution is -1.95. The van der Waals surface area contributed by atoms with Crippen molar-refractivity contribution in [3.63, 3.8) is 0 Å². The van der Waals surface area contributed by atoms with Gasteiger partial charge in [0.05, 0.1) is 5.02 Å². The third kappa shape index (κ3) is 4.17. The summed E-state index contributed by atoms with van der Waals surface area (Å²) in [7, 11) is 0. The van der Waals surface area contributed by atoms with E-state index in [0.29, 0.717) is 10.8 Å². The van der Waals surface area contributed by atoms with Crippen LogP contribution in [0, 0.1) is 6.92 Å². The maximum Gasteiger partial charge on any atom is 0.530 e. The molecule has 0 spiro atoms. The monoisotopic (exact) mass is 316 g/mol. The molecule has 0 aliphatic carbocycles. The smallest absolute Gasteiger partial charge is 0.405 e. The summed E-state index contributed by atoms with van der Waals surface area (Å²) >= 11 is 11.7.